The second kappa shape index (κ2) is 6.89. The quantitative estimate of drug-likeness (QED) is 0.420. The van der Waals surface area contributed by atoms with E-state index in [1.165, 1.54) is 0 Å². The van der Waals surface area contributed by atoms with Crippen LogP contribution in [-0.4, -0.2) is 47.1 Å². The molecule has 0 aliphatic rings. The summed E-state index contributed by atoms with van der Waals surface area (Å²) in [6, 6.07) is 14.0. The molecule has 1 aromatic carbocycles. The predicted molar refractivity (Wildman–Crippen MR) is 96.4 cm³/mol. The summed E-state index contributed by atoms with van der Waals surface area (Å²) >= 11 is 1.60. The topological polar surface area (TPSA) is 85.8 Å². The summed E-state index contributed by atoms with van der Waals surface area (Å²) in [4.78, 5) is 4.67. The Morgan fingerprint density at radius 2 is 2.04 bits per heavy atom. The fraction of sp³-hybridized carbons (Fsp3) is 0.188. The monoisotopic (exact) mass is 352 g/mol. The van der Waals surface area contributed by atoms with Crippen LogP contribution in [-0.2, 0) is 7.05 Å². The lowest BCUT2D eigenvalue weighted by molar-refractivity contribution is 0.664. The number of nitrogens with one attached hydrogen (secondary N) is 1. The minimum Gasteiger partial charge on any atom is -0.369 e. The van der Waals surface area contributed by atoms with Crippen LogP contribution in [0.4, 0.5) is 5.82 Å². The van der Waals surface area contributed by atoms with Crippen LogP contribution in [0.15, 0.2) is 53.8 Å². The number of hydrogen-bond donors (Lipinski definition) is 1. The molecular formula is C16H16N8S. The number of hydrogen-bond acceptors (Lipinski definition) is 7. The Morgan fingerprint density at radius 3 is 2.84 bits per heavy atom. The molecule has 0 unspecified atom stereocenters. The van der Waals surface area contributed by atoms with Gasteiger partial charge in [0.1, 0.15) is 5.82 Å². The molecule has 0 aliphatic carbocycles. The minimum absolute atomic E-state index is 0.755. The first-order valence-electron chi connectivity index (χ1n) is 7.80. The van der Waals surface area contributed by atoms with Crippen molar-refractivity contribution in [1.82, 2.24) is 34.8 Å². The van der Waals surface area contributed by atoms with Crippen molar-refractivity contribution < 1.29 is 0 Å². The lowest BCUT2D eigenvalue weighted by Crippen LogP contribution is -2.10. The van der Waals surface area contributed by atoms with Gasteiger partial charge in [-0.3, -0.25) is 0 Å². The zero-order chi connectivity index (χ0) is 17.1. The largest absolute Gasteiger partial charge is 0.369 e. The van der Waals surface area contributed by atoms with E-state index in [1.807, 2.05) is 37.4 Å². The highest BCUT2D eigenvalue weighted by Crippen LogP contribution is 2.22. The van der Waals surface area contributed by atoms with Crippen LogP contribution in [0, 0.1) is 0 Å². The lowest BCUT2D eigenvalue weighted by Gasteiger charge is -2.10. The number of aromatic nitrogens is 7. The highest BCUT2D eigenvalue weighted by Gasteiger charge is 2.08. The Morgan fingerprint density at radius 1 is 1.16 bits per heavy atom. The van der Waals surface area contributed by atoms with Crippen molar-refractivity contribution in [2.75, 3.05) is 17.6 Å². The molecule has 3 heterocycles. The van der Waals surface area contributed by atoms with E-state index in [2.05, 4.69) is 43.1 Å². The predicted octanol–water partition coefficient (Wildman–Crippen LogP) is 2.12. The van der Waals surface area contributed by atoms with Gasteiger partial charge >= 0.3 is 0 Å². The summed E-state index contributed by atoms with van der Waals surface area (Å²) < 4.78 is 3.47. The highest BCUT2D eigenvalue weighted by atomic mass is 32.2. The van der Waals surface area contributed by atoms with E-state index in [9.17, 15) is 0 Å². The molecule has 4 aromatic rings. The van der Waals surface area contributed by atoms with E-state index < -0.39 is 0 Å². The molecule has 0 radical (unpaired) electrons. The molecule has 0 fully saturated rings. The summed E-state index contributed by atoms with van der Waals surface area (Å²) in [5.74, 6) is 1.74. The SMILES string of the molecule is Cn1nnnc1SCCNc1cc(-c2ccccc2)nc2ccnn12. The first kappa shape index (κ1) is 15.6. The van der Waals surface area contributed by atoms with Crippen molar-refractivity contribution in [3.63, 3.8) is 0 Å². The Hall–Kier alpha value is -2.94. The summed E-state index contributed by atoms with van der Waals surface area (Å²) in [5, 5.41) is 20.0. The molecule has 0 amide bonds. The zero-order valence-electron chi connectivity index (χ0n) is 13.6. The number of aryl methyl sites for hydroxylation is 1. The third-order valence-electron chi connectivity index (χ3n) is 3.65. The van der Waals surface area contributed by atoms with Crippen LogP contribution in [0.5, 0.6) is 0 Å². The van der Waals surface area contributed by atoms with Crippen LogP contribution in [0.2, 0.25) is 0 Å². The standard InChI is InChI=1S/C16H16N8S/c1-23-16(20-21-22-23)25-10-9-17-15-11-13(12-5-3-2-4-6-12)19-14-7-8-18-24(14)15/h2-8,11,17H,9-10H2,1H3. The van der Waals surface area contributed by atoms with Crippen molar-refractivity contribution in [3.8, 4) is 11.3 Å². The number of benzene rings is 1. The van der Waals surface area contributed by atoms with Gasteiger partial charge < -0.3 is 5.32 Å². The van der Waals surface area contributed by atoms with Gasteiger partial charge in [-0.2, -0.15) is 9.61 Å². The average molecular weight is 352 g/mol. The number of thioether (sulfide) groups is 1. The molecule has 0 atom stereocenters. The molecule has 0 bridgehead atoms. The van der Waals surface area contributed by atoms with E-state index in [-0.39, 0.29) is 0 Å². The van der Waals surface area contributed by atoms with Crippen LogP contribution >= 0.6 is 11.8 Å². The van der Waals surface area contributed by atoms with Crippen LogP contribution < -0.4 is 5.32 Å². The molecule has 25 heavy (non-hydrogen) atoms. The fourth-order valence-electron chi connectivity index (χ4n) is 2.46. The Labute approximate surface area is 148 Å². The molecule has 0 saturated heterocycles. The van der Waals surface area contributed by atoms with E-state index in [0.29, 0.717) is 0 Å². The number of nitrogens with zero attached hydrogens (tertiary/aromatic N) is 7. The third-order valence-corrected chi connectivity index (χ3v) is 4.66. The normalized spacial score (nSPS) is 11.1. The second-order valence-electron chi connectivity index (χ2n) is 5.35. The van der Waals surface area contributed by atoms with Gasteiger partial charge in [0.15, 0.2) is 5.65 Å². The van der Waals surface area contributed by atoms with Crippen molar-refractivity contribution in [2.24, 2.45) is 7.05 Å². The van der Waals surface area contributed by atoms with Gasteiger partial charge in [0, 0.05) is 37.0 Å². The molecule has 3 aromatic heterocycles. The molecule has 126 valence electrons. The van der Waals surface area contributed by atoms with Crippen LogP contribution in [0.25, 0.3) is 16.9 Å². The maximum absolute atomic E-state index is 4.67. The third kappa shape index (κ3) is 3.31. The fourth-order valence-corrected chi connectivity index (χ4v) is 3.16. The number of rotatable bonds is 6. The number of fused-ring (bicyclic) bond motifs is 1. The molecule has 8 nitrogen and oxygen atoms in total. The summed E-state index contributed by atoms with van der Waals surface area (Å²) in [7, 11) is 1.83. The second-order valence-corrected chi connectivity index (χ2v) is 6.42. The Balaban J connectivity index is 1.52. The Kier molecular flexibility index (Phi) is 4.30. The van der Waals surface area contributed by atoms with E-state index in [4.69, 9.17) is 0 Å². The molecule has 0 saturated carbocycles. The molecule has 0 spiro atoms. The number of tetrazole rings is 1. The first-order valence-corrected chi connectivity index (χ1v) is 8.79. The highest BCUT2D eigenvalue weighted by molar-refractivity contribution is 7.99. The summed E-state index contributed by atoms with van der Waals surface area (Å²) in [6.07, 6.45) is 1.75. The van der Waals surface area contributed by atoms with Crippen molar-refractivity contribution in [2.45, 2.75) is 5.16 Å². The van der Waals surface area contributed by atoms with Gasteiger partial charge in [0.05, 0.1) is 11.9 Å². The maximum Gasteiger partial charge on any atom is 0.209 e. The van der Waals surface area contributed by atoms with Gasteiger partial charge in [-0.05, 0) is 10.4 Å². The van der Waals surface area contributed by atoms with Crippen LogP contribution in [0.1, 0.15) is 0 Å². The molecule has 4 rings (SSSR count). The van der Waals surface area contributed by atoms with E-state index >= 15 is 0 Å². The molecule has 9 heteroatoms. The van der Waals surface area contributed by atoms with E-state index in [0.717, 1.165) is 40.2 Å². The van der Waals surface area contributed by atoms with Crippen molar-refractivity contribution >= 4 is 23.2 Å². The van der Waals surface area contributed by atoms with Gasteiger partial charge in [0.25, 0.3) is 0 Å². The van der Waals surface area contributed by atoms with Gasteiger partial charge in [-0.15, -0.1) is 5.10 Å². The van der Waals surface area contributed by atoms with E-state index in [1.54, 1.807) is 27.2 Å². The van der Waals surface area contributed by atoms with Crippen molar-refractivity contribution in [3.05, 3.63) is 48.7 Å². The van der Waals surface area contributed by atoms with Gasteiger partial charge in [-0.1, -0.05) is 42.1 Å². The Bertz CT molecular complexity index is 978. The smallest absolute Gasteiger partial charge is 0.209 e. The summed E-state index contributed by atoms with van der Waals surface area (Å²) in [6.45, 7) is 0.755. The zero-order valence-corrected chi connectivity index (χ0v) is 14.4. The molecular weight excluding hydrogens is 336 g/mol. The minimum atomic E-state index is 0.755. The average Bonchev–Trinajstić information content (AvgIpc) is 3.28. The van der Waals surface area contributed by atoms with Crippen LogP contribution in [0.3, 0.4) is 0 Å². The summed E-state index contributed by atoms with van der Waals surface area (Å²) in [5.41, 5.74) is 2.81. The van der Waals surface area contributed by atoms with Gasteiger partial charge in [0.2, 0.25) is 5.16 Å². The maximum atomic E-state index is 4.67. The molecule has 0 aliphatic heterocycles. The van der Waals surface area contributed by atoms with Crippen molar-refractivity contribution in [1.29, 1.82) is 0 Å². The number of anilines is 1. The van der Waals surface area contributed by atoms with Gasteiger partial charge in [-0.25, -0.2) is 9.67 Å². The molecule has 1 N–H and O–H groups in total. The first-order chi connectivity index (χ1) is 12.3. The lowest BCUT2D eigenvalue weighted by atomic mass is 10.1.